The first-order valence-electron chi connectivity index (χ1n) is 8.26. The van der Waals surface area contributed by atoms with Crippen LogP contribution in [0, 0.1) is 6.04 Å². The number of rotatable bonds is 0. The summed E-state index contributed by atoms with van der Waals surface area (Å²) < 4.78 is 158. The molecule has 3 atom stereocenters. The molecule has 0 aliphatic carbocycles. The molecular weight excluding hydrogens is 571 g/mol. The van der Waals surface area contributed by atoms with Crippen molar-refractivity contribution in [1.82, 2.24) is 20.4 Å². The molecular formula is C14H19Cl2F12N4Ti. The molecule has 1 rings (SSSR count). The van der Waals surface area contributed by atoms with E-state index in [-0.39, 0.29) is 56.3 Å². The number of alkyl halides is 12. The molecule has 0 spiro atoms. The second-order valence-electron chi connectivity index (χ2n) is 6.80. The van der Waals surface area contributed by atoms with E-state index in [0.29, 0.717) is 14.1 Å². The monoisotopic (exact) mass is 589 g/mol. The zero-order valence-corrected chi connectivity index (χ0v) is 19.8. The van der Waals surface area contributed by atoms with Crippen molar-refractivity contribution in [3.8, 4) is 0 Å². The van der Waals surface area contributed by atoms with E-state index < -0.39 is 75.1 Å². The first-order chi connectivity index (χ1) is 13.2. The SMILES string of the molecule is CN1CC(C(F)(F)F)N(C)CC(C(F)(F)F)NCC(C(F)(F)F)NC[C-]1C(F)(F)F.[Cl-].[Cl-].[Ti+3]. The summed E-state index contributed by atoms with van der Waals surface area (Å²) in [5.41, 5.74) is 0. The molecule has 0 aromatic carbocycles. The zero-order chi connectivity index (χ0) is 23.7. The van der Waals surface area contributed by atoms with Crippen molar-refractivity contribution in [1.29, 1.82) is 0 Å². The third-order valence-electron chi connectivity index (χ3n) is 4.49. The van der Waals surface area contributed by atoms with Crippen LogP contribution in [-0.2, 0) is 21.7 Å². The molecule has 1 radical (unpaired) electrons. The number of halogens is 14. The molecule has 0 aromatic rings. The molecule has 0 bridgehead atoms. The normalized spacial score (nSPS) is 26.2. The summed E-state index contributed by atoms with van der Waals surface area (Å²) in [6.45, 7) is -5.95. The number of nitrogens with one attached hydrogen (secondary N) is 2. The maximum absolute atomic E-state index is 13.3. The molecule has 0 aromatic heterocycles. The van der Waals surface area contributed by atoms with Gasteiger partial charge in [0, 0.05) is 13.1 Å². The van der Waals surface area contributed by atoms with Gasteiger partial charge in [-0.1, -0.05) is 0 Å². The van der Waals surface area contributed by atoms with Crippen molar-refractivity contribution in [2.45, 2.75) is 42.8 Å². The quantitative estimate of drug-likeness (QED) is 0.179. The Bertz CT molecular complexity index is 558. The smallest absolute Gasteiger partial charge is 1.00 e. The number of nitrogens with zero attached hydrogens (tertiary/aromatic N) is 2. The summed E-state index contributed by atoms with van der Waals surface area (Å²) in [4.78, 5) is 0.167. The van der Waals surface area contributed by atoms with Gasteiger partial charge in [-0.25, -0.2) is 13.2 Å². The zero-order valence-electron chi connectivity index (χ0n) is 16.7. The molecule has 1 aliphatic heterocycles. The fourth-order valence-corrected chi connectivity index (χ4v) is 2.80. The summed E-state index contributed by atoms with van der Waals surface area (Å²) in [5, 5.41) is 2.93. The van der Waals surface area contributed by atoms with Crippen LogP contribution in [0.1, 0.15) is 0 Å². The molecule has 19 heteroatoms. The molecule has 2 N–H and O–H groups in total. The molecule has 1 fully saturated rings. The van der Waals surface area contributed by atoms with Crippen molar-refractivity contribution < 1.29 is 99.2 Å². The van der Waals surface area contributed by atoms with Gasteiger partial charge in [0.1, 0.15) is 18.1 Å². The van der Waals surface area contributed by atoms with Crippen LogP contribution in [0.5, 0.6) is 0 Å². The minimum atomic E-state index is -5.28. The van der Waals surface area contributed by atoms with E-state index in [1.54, 1.807) is 0 Å². The molecule has 4 nitrogen and oxygen atoms in total. The third-order valence-corrected chi connectivity index (χ3v) is 4.49. The van der Waals surface area contributed by atoms with E-state index in [0.717, 1.165) is 0 Å². The second kappa shape index (κ2) is 13.6. The average molecular weight is 590 g/mol. The fraction of sp³-hybridized carbons (Fsp3) is 0.929. The summed E-state index contributed by atoms with van der Waals surface area (Å²) in [7, 11) is 1.18. The Morgan fingerprint density at radius 2 is 1.15 bits per heavy atom. The van der Waals surface area contributed by atoms with Crippen molar-refractivity contribution in [2.75, 3.05) is 40.3 Å². The summed E-state index contributed by atoms with van der Waals surface area (Å²) in [6.07, 6.45) is -20.9. The van der Waals surface area contributed by atoms with Crippen LogP contribution in [0.25, 0.3) is 0 Å². The minimum absolute atomic E-state index is 0. The fourth-order valence-electron chi connectivity index (χ4n) is 2.80. The van der Waals surface area contributed by atoms with Gasteiger partial charge in [-0.15, -0.1) is 12.6 Å². The van der Waals surface area contributed by atoms with Crippen LogP contribution < -0.4 is 35.4 Å². The Morgan fingerprint density at radius 1 is 0.697 bits per heavy atom. The van der Waals surface area contributed by atoms with Gasteiger partial charge in [0.15, 0.2) is 0 Å². The Hall–Kier alpha value is 0.294. The molecule has 0 amide bonds. The molecule has 3 unspecified atom stereocenters. The van der Waals surface area contributed by atoms with E-state index in [1.807, 2.05) is 0 Å². The van der Waals surface area contributed by atoms with Crippen LogP contribution in [0.15, 0.2) is 0 Å². The van der Waals surface area contributed by atoms with Crippen LogP contribution in [-0.4, -0.2) is 92.9 Å². The Morgan fingerprint density at radius 3 is 1.52 bits per heavy atom. The van der Waals surface area contributed by atoms with Crippen LogP contribution >= 0.6 is 0 Å². The van der Waals surface area contributed by atoms with Gasteiger partial charge in [-0.05, 0) is 20.6 Å². The summed E-state index contributed by atoms with van der Waals surface area (Å²) in [6, 6.07) is -10.1. The molecule has 1 saturated heterocycles. The van der Waals surface area contributed by atoms with Crippen molar-refractivity contribution >= 4 is 0 Å². The van der Waals surface area contributed by atoms with E-state index in [2.05, 4.69) is 0 Å². The van der Waals surface area contributed by atoms with Gasteiger partial charge in [0.25, 0.3) is 6.18 Å². The van der Waals surface area contributed by atoms with Crippen LogP contribution in [0.3, 0.4) is 0 Å². The average Bonchev–Trinajstić information content (AvgIpc) is 2.48. The molecule has 1 aliphatic rings. The first-order valence-corrected chi connectivity index (χ1v) is 8.26. The van der Waals surface area contributed by atoms with Crippen molar-refractivity contribution in [2.24, 2.45) is 0 Å². The van der Waals surface area contributed by atoms with E-state index >= 15 is 0 Å². The molecule has 0 saturated carbocycles. The van der Waals surface area contributed by atoms with Gasteiger partial charge in [0.2, 0.25) is 0 Å². The maximum atomic E-state index is 13.3. The molecule has 197 valence electrons. The second-order valence-corrected chi connectivity index (χ2v) is 6.80. The van der Waals surface area contributed by atoms with Crippen LogP contribution in [0.4, 0.5) is 52.7 Å². The van der Waals surface area contributed by atoms with E-state index in [1.165, 1.54) is 10.6 Å². The van der Waals surface area contributed by atoms with Crippen molar-refractivity contribution in [3.63, 3.8) is 0 Å². The number of hydrogen-bond donors (Lipinski definition) is 2. The number of hydrogen-bond acceptors (Lipinski definition) is 4. The number of likely N-dealkylation sites (N-methyl/N-ethyl adjacent to an activating group) is 2. The van der Waals surface area contributed by atoms with Gasteiger partial charge in [-0.2, -0.15) is 39.5 Å². The summed E-state index contributed by atoms with van der Waals surface area (Å²) >= 11 is 0. The van der Waals surface area contributed by atoms with Gasteiger partial charge in [-0.3, -0.25) is 4.90 Å². The maximum Gasteiger partial charge on any atom is 3.00 e. The van der Waals surface area contributed by atoms with Crippen LogP contribution in [0.2, 0.25) is 0 Å². The van der Waals surface area contributed by atoms with Crippen molar-refractivity contribution in [3.05, 3.63) is 6.04 Å². The molecule has 1 heterocycles. The minimum Gasteiger partial charge on any atom is -1.00 e. The van der Waals surface area contributed by atoms with E-state index in [4.69, 9.17) is 0 Å². The predicted octanol–water partition coefficient (Wildman–Crippen LogP) is -3.06. The Kier molecular flexibility index (Phi) is 15.5. The first kappa shape index (κ1) is 37.8. The third kappa shape index (κ3) is 11.7. The Balaban J connectivity index is -0.00000300. The summed E-state index contributed by atoms with van der Waals surface area (Å²) in [5.74, 6) is 0. The van der Waals surface area contributed by atoms with Gasteiger partial charge in [0.05, 0.1) is 0 Å². The predicted molar refractivity (Wildman–Crippen MR) is 80.1 cm³/mol. The van der Waals surface area contributed by atoms with E-state index in [9.17, 15) is 52.7 Å². The van der Waals surface area contributed by atoms with Gasteiger partial charge >= 0.3 is 40.2 Å². The topological polar surface area (TPSA) is 30.5 Å². The molecule has 33 heavy (non-hydrogen) atoms. The van der Waals surface area contributed by atoms with Gasteiger partial charge < -0.3 is 40.3 Å². The largest absolute Gasteiger partial charge is 3.00 e. The standard InChI is InChI=1S/C14H19F12N4.2ClH.Ti/c1-29-5-8(12(18,19)20)27-3-7(11(15,16)17)28-4-9(13(21,22)23)30(2)6-10(29)14(24,25)26;;;/h7-8,10,27-28H,3-6H2,1-2H3;2*1H;/q-1;;;+3/p-2. The Labute approximate surface area is 208 Å².